The maximum Gasteiger partial charge on any atom is 0.341 e. The lowest BCUT2D eigenvalue weighted by atomic mass is 10.2. The summed E-state index contributed by atoms with van der Waals surface area (Å²) >= 11 is 0. The molecule has 2 heterocycles. The SMILES string of the molecule is CCCCOC(=O)c1cnc(NNC)c2nnn(C)c12. The Balaban J connectivity index is 2.36. The zero-order valence-electron chi connectivity index (χ0n) is 11.8. The Morgan fingerprint density at radius 3 is 3.00 bits per heavy atom. The van der Waals surface area contributed by atoms with Crippen LogP contribution in [-0.4, -0.2) is 39.6 Å². The van der Waals surface area contributed by atoms with Crippen molar-refractivity contribution in [3.63, 3.8) is 0 Å². The fourth-order valence-corrected chi connectivity index (χ4v) is 1.82. The van der Waals surface area contributed by atoms with Crippen LogP contribution in [0.25, 0.3) is 11.0 Å². The number of hydrazine groups is 1. The predicted octanol–water partition coefficient (Wildman–Crippen LogP) is 0.866. The predicted molar refractivity (Wildman–Crippen MR) is 74.2 cm³/mol. The summed E-state index contributed by atoms with van der Waals surface area (Å²) in [5, 5.41) is 7.95. The van der Waals surface area contributed by atoms with Crippen LogP contribution in [0.1, 0.15) is 30.1 Å². The van der Waals surface area contributed by atoms with Gasteiger partial charge >= 0.3 is 5.97 Å². The van der Waals surface area contributed by atoms with Crippen molar-refractivity contribution in [2.45, 2.75) is 19.8 Å². The molecule has 0 fully saturated rings. The summed E-state index contributed by atoms with van der Waals surface area (Å²) in [6, 6.07) is 0. The van der Waals surface area contributed by atoms with Crippen molar-refractivity contribution in [2.75, 3.05) is 19.1 Å². The van der Waals surface area contributed by atoms with Crippen LogP contribution < -0.4 is 10.9 Å². The highest BCUT2D eigenvalue weighted by atomic mass is 16.5. The van der Waals surface area contributed by atoms with E-state index in [-0.39, 0.29) is 0 Å². The summed E-state index contributed by atoms with van der Waals surface area (Å²) in [4.78, 5) is 16.3. The molecule has 0 unspecified atom stereocenters. The Bertz CT molecular complexity index is 609. The van der Waals surface area contributed by atoms with Gasteiger partial charge in [0, 0.05) is 20.3 Å². The lowest BCUT2D eigenvalue weighted by molar-refractivity contribution is 0.0501. The van der Waals surface area contributed by atoms with Crippen LogP contribution in [0.15, 0.2) is 6.20 Å². The number of esters is 1. The zero-order valence-corrected chi connectivity index (χ0v) is 11.8. The van der Waals surface area contributed by atoms with Crippen LogP contribution in [0, 0.1) is 0 Å². The molecule has 2 rings (SSSR count). The lowest BCUT2D eigenvalue weighted by Crippen LogP contribution is -2.17. The monoisotopic (exact) mass is 278 g/mol. The Labute approximate surface area is 116 Å². The molecule has 2 aromatic rings. The molecule has 0 saturated carbocycles. The van der Waals surface area contributed by atoms with E-state index in [4.69, 9.17) is 4.74 Å². The maximum atomic E-state index is 12.1. The first-order valence-electron chi connectivity index (χ1n) is 6.47. The third-order valence-electron chi connectivity index (χ3n) is 2.82. The molecule has 8 nitrogen and oxygen atoms in total. The molecule has 0 aliphatic carbocycles. The molecule has 0 radical (unpaired) electrons. The van der Waals surface area contributed by atoms with Gasteiger partial charge in [-0.05, 0) is 6.42 Å². The van der Waals surface area contributed by atoms with Gasteiger partial charge in [-0.15, -0.1) is 5.10 Å². The summed E-state index contributed by atoms with van der Waals surface area (Å²) in [5.74, 6) is 0.109. The van der Waals surface area contributed by atoms with Gasteiger partial charge in [0.2, 0.25) is 0 Å². The number of nitrogens with zero attached hydrogens (tertiary/aromatic N) is 4. The van der Waals surface area contributed by atoms with Crippen LogP contribution in [0.2, 0.25) is 0 Å². The van der Waals surface area contributed by atoms with Gasteiger partial charge in [0.25, 0.3) is 0 Å². The molecule has 0 atom stereocenters. The smallest absolute Gasteiger partial charge is 0.341 e. The first-order chi connectivity index (χ1) is 9.69. The fraction of sp³-hybridized carbons (Fsp3) is 0.500. The molecule has 0 saturated heterocycles. The van der Waals surface area contributed by atoms with E-state index in [9.17, 15) is 4.79 Å². The number of anilines is 1. The Morgan fingerprint density at radius 1 is 1.50 bits per heavy atom. The molecule has 2 N–H and O–H groups in total. The van der Waals surface area contributed by atoms with Gasteiger partial charge in [-0.25, -0.2) is 19.9 Å². The zero-order chi connectivity index (χ0) is 14.5. The first kappa shape index (κ1) is 14.2. The number of aromatic nitrogens is 4. The molecule has 0 aliphatic heterocycles. The number of nitrogens with one attached hydrogen (secondary N) is 2. The summed E-state index contributed by atoms with van der Waals surface area (Å²) < 4.78 is 6.75. The second kappa shape index (κ2) is 6.29. The molecule has 8 heteroatoms. The van der Waals surface area contributed by atoms with Crippen LogP contribution in [0.5, 0.6) is 0 Å². The molecule has 20 heavy (non-hydrogen) atoms. The van der Waals surface area contributed by atoms with Crippen molar-refractivity contribution in [2.24, 2.45) is 7.05 Å². The number of hydrogen-bond donors (Lipinski definition) is 2. The van der Waals surface area contributed by atoms with Gasteiger partial charge in [0.05, 0.1) is 6.61 Å². The standard InChI is InChI=1S/C12H18N6O2/c1-4-5-6-20-12(19)8-7-14-11(16-13-2)9-10(8)18(3)17-15-9/h7,13H,4-6H2,1-3H3,(H,14,16). The largest absolute Gasteiger partial charge is 0.462 e. The quantitative estimate of drug-likeness (QED) is 0.460. The number of ether oxygens (including phenoxy) is 1. The van der Waals surface area contributed by atoms with E-state index < -0.39 is 5.97 Å². The summed E-state index contributed by atoms with van der Waals surface area (Å²) in [7, 11) is 3.44. The van der Waals surface area contributed by atoms with E-state index in [1.165, 1.54) is 10.9 Å². The maximum absolute atomic E-state index is 12.1. The highest BCUT2D eigenvalue weighted by Gasteiger charge is 2.19. The average Bonchev–Trinajstić information content (AvgIpc) is 2.83. The van der Waals surface area contributed by atoms with Gasteiger partial charge in [-0.1, -0.05) is 18.6 Å². The number of carbonyl (C=O) groups is 1. The highest BCUT2D eigenvalue weighted by Crippen LogP contribution is 2.22. The highest BCUT2D eigenvalue weighted by molar-refractivity contribution is 6.04. The summed E-state index contributed by atoms with van der Waals surface area (Å²) in [5.41, 5.74) is 7.11. The van der Waals surface area contributed by atoms with Crippen molar-refractivity contribution in [3.8, 4) is 0 Å². The van der Waals surface area contributed by atoms with Crippen molar-refractivity contribution in [1.82, 2.24) is 25.4 Å². The van der Waals surface area contributed by atoms with E-state index in [2.05, 4.69) is 26.1 Å². The molecule has 0 spiro atoms. The van der Waals surface area contributed by atoms with Crippen LogP contribution >= 0.6 is 0 Å². The van der Waals surface area contributed by atoms with E-state index >= 15 is 0 Å². The van der Waals surface area contributed by atoms with Crippen molar-refractivity contribution >= 4 is 22.8 Å². The lowest BCUT2D eigenvalue weighted by Gasteiger charge is -2.08. The Hall–Kier alpha value is -2.22. The van der Waals surface area contributed by atoms with Gasteiger partial charge in [-0.2, -0.15) is 0 Å². The van der Waals surface area contributed by atoms with Crippen molar-refractivity contribution < 1.29 is 9.53 Å². The molecule has 0 aromatic carbocycles. The molecule has 0 amide bonds. The van der Waals surface area contributed by atoms with Crippen LogP contribution in [0.3, 0.4) is 0 Å². The molecule has 108 valence electrons. The number of pyridine rings is 1. The van der Waals surface area contributed by atoms with E-state index in [1.807, 2.05) is 6.92 Å². The Morgan fingerprint density at radius 2 is 2.30 bits per heavy atom. The van der Waals surface area contributed by atoms with Gasteiger partial charge < -0.3 is 10.2 Å². The average molecular weight is 278 g/mol. The summed E-state index contributed by atoms with van der Waals surface area (Å²) in [6.45, 7) is 2.44. The topological polar surface area (TPSA) is 94.0 Å². The molecule has 0 aliphatic rings. The fourth-order valence-electron chi connectivity index (χ4n) is 1.82. The number of fused-ring (bicyclic) bond motifs is 1. The van der Waals surface area contributed by atoms with Crippen LogP contribution in [0.4, 0.5) is 5.82 Å². The number of unbranched alkanes of at least 4 members (excludes halogenated alkanes) is 1. The third-order valence-corrected chi connectivity index (χ3v) is 2.82. The first-order valence-corrected chi connectivity index (χ1v) is 6.47. The van der Waals surface area contributed by atoms with Gasteiger partial charge in [0.15, 0.2) is 11.3 Å². The van der Waals surface area contributed by atoms with Gasteiger partial charge in [-0.3, -0.25) is 0 Å². The van der Waals surface area contributed by atoms with E-state index in [0.717, 1.165) is 12.8 Å². The molecule has 2 aromatic heterocycles. The minimum atomic E-state index is -0.405. The number of carbonyl (C=O) groups excluding carboxylic acids is 1. The van der Waals surface area contributed by atoms with E-state index in [0.29, 0.717) is 29.0 Å². The van der Waals surface area contributed by atoms with Crippen LogP contribution in [-0.2, 0) is 11.8 Å². The minimum Gasteiger partial charge on any atom is -0.462 e. The second-order valence-electron chi connectivity index (χ2n) is 4.30. The molecular weight excluding hydrogens is 260 g/mol. The van der Waals surface area contributed by atoms with Crippen molar-refractivity contribution in [1.29, 1.82) is 0 Å². The number of rotatable bonds is 6. The third kappa shape index (κ3) is 2.69. The number of hydrogen-bond acceptors (Lipinski definition) is 7. The second-order valence-corrected chi connectivity index (χ2v) is 4.30. The van der Waals surface area contributed by atoms with Gasteiger partial charge in [0.1, 0.15) is 11.1 Å². The Kier molecular flexibility index (Phi) is 4.46. The molecular formula is C12H18N6O2. The normalized spacial score (nSPS) is 10.8. The summed E-state index contributed by atoms with van der Waals surface area (Å²) in [6.07, 6.45) is 3.28. The minimum absolute atomic E-state index is 0.366. The number of aryl methyl sites for hydroxylation is 1. The van der Waals surface area contributed by atoms with E-state index in [1.54, 1.807) is 14.1 Å². The van der Waals surface area contributed by atoms with Crippen molar-refractivity contribution in [3.05, 3.63) is 11.8 Å². The molecule has 0 bridgehead atoms.